The molecule has 3 aromatic rings. The predicted molar refractivity (Wildman–Crippen MR) is 127 cm³/mol. The normalized spacial score (nSPS) is 22.4. The molecule has 1 saturated heterocycles. The minimum atomic E-state index is -1.04. The highest BCUT2D eigenvalue weighted by Crippen LogP contribution is 2.49. The SMILES string of the molecule is CCN(C)CCN1C(=O)N2[C@H](c3cccc(O)c3)c3[nH]c4ccc(Cl)cc4c3C[C@@]2(C)C1=O. The maximum atomic E-state index is 13.7. The van der Waals surface area contributed by atoms with Crippen LogP contribution in [-0.2, 0) is 11.2 Å². The Kier molecular flexibility index (Phi) is 5.14. The van der Waals surface area contributed by atoms with Gasteiger partial charge in [0.15, 0.2) is 0 Å². The van der Waals surface area contributed by atoms with Crippen LogP contribution in [0, 0.1) is 0 Å². The molecule has 1 fully saturated rings. The minimum Gasteiger partial charge on any atom is -0.508 e. The zero-order valence-electron chi connectivity index (χ0n) is 18.9. The van der Waals surface area contributed by atoms with Crippen LogP contribution >= 0.6 is 11.6 Å². The molecule has 3 heterocycles. The Bertz CT molecular complexity index is 1270. The van der Waals surface area contributed by atoms with Gasteiger partial charge in [-0.25, -0.2) is 4.79 Å². The van der Waals surface area contributed by atoms with Crippen molar-refractivity contribution in [1.82, 2.24) is 19.7 Å². The highest BCUT2D eigenvalue weighted by molar-refractivity contribution is 6.31. The molecule has 172 valence electrons. The molecule has 0 saturated carbocycles. The van der Waals surface area contributed by atoms with E-state index in [9.17, 15) is 14.7 Å². The second kappa shape index (κ2) is 7.78. The summed E-state index contributed by atoms with van der Waals surface area (Å²) in [6.45, 7) is 5.66. The smallest absolute Gasteiger partial charge is 0.328 e. The molecule has 0 bridgehead atoms. The zero-order chi connectivity index (χ0) is 23.5. The molecule has 33 heavy (non-hydrogen) atoms. The molecular formula is C25H27ClN4O3. The van der Waals surface area contributed by atoms with Crippen LogP contribution in [0.5, 0.6) is 5.75 Å². The van der Waals surface area contributed by atoms with Gasteiger partial charge < -0.3 is 15.0 Å². The number of aromatic nitrogens is 1. The molecule has 0 spiro atoms. The van der Waals surface area contributed by atoms with E-state index in [0.717, 1.165) is 34.3 Å². The second-order valence-electron chi connectivity index (χ2n) is 9.16. The highest BCUT2D eigenvalue weighted by atomic mass is 35.5. The number of nitrogens with zero attached hydrogens (tertiary/aromatic N) is 3. The quantitative estimate of drug-likeness (QED) is 0.554. The first kappa shape index (κ1) is 21.8. The van der Waals surface area contributed by atoms with E-state index in [2.05, 4.69) is 9.88 Å². The first-order valence-electron chi connectivity index (χ1n) is 11.2. The summed E-state index contributed by atoms with van der Waals surface area (Å²) in [7, 11) is 1.97. The number of rotatable bonds is 5. The van der Waals surface area contributed by atoms with Crippen molar-refractivity contribution >= 4 is 34.4 Å². The van der Waals surface area contributed by atoms with Gasteiger partial charge in [-0.05, 0) is 62.0 Å². The lowest BCUT2D eigenvalue weighted by atomic mass is 9.81. The Morgan fingerprint density at radius 3 is 2.76 bits per heavy atom. The first-order chi connectivity index (χ1) is 15.7. The van der Waals surface area contributed by atoms with Crippen LogP contribution in [0.4, 0.5) is 4.79 Å². The summed E-state index contributed by atoms with van der Waals surface area (Å²) in [5.74, 6) is -0.0796. The third-order valence-corrected chi connectivity index (χ3v) is 7.29. The van der Waals surface area contributed by atoms with Crippen LogP contribution in [0.15, 0.2) is 42.5 Å². The summed E-state index contributed by atoms with van der Waals surface area (Å²) >= 11 is 6.31. The van der Waals surface area contributed by atoms with E-state index in [1.54, 1.807) is 23.1 Å². The number of halogens is 1. The van der Waals surface area contributed by atoms with Crippen LogP contribution in [0.25, 0.3) is 10.9 Å². The van der Waals surface area contributed by atoms with Crippen molar-refractivity contribution in [2.45, 2.75) is 31.8 Å². The molecule has 2 atom stereocenters. The van der Waals surface area contributed by atoms with Crippen molar-refractivity contribution < 1.29 is 14.7 Å². The van der Waals surface area contributed by atoms with E-state index < -0.39 is 11.6 Å². The molecule has 8 heteroatoms. The van der Waals surface area contributed by atoms with Crippen molar-refractivity contribution in [3.8, 4) is 5.75 Å². The van der Waals surface area contributed by atoms with Gasteiger partial charge in [0, 0.05) is 41.1 Å². The molecule has 5 rings (SSSR count). The third-order valence-electron chi connectivity index (χ3n) is 7.06. The number of carbonyl (C=O) groups is 2. The lowest BCUT2D eigenvalue weighted by Crippen LogP contribution is -2.53. The molecule has 0 radical (unpaired) electrons. The van der Waals surface area contributed by atoms with Gasteiger partial charge in [-0.2, -0.15) is 0 Å². The number of phenols is 1. The van der Waals surface area contributed by atoms with E-state index in [1.807, 2.05) is 45.2 Å². The van der Waals surface area contributed by atoms with Gasteiger partial charge in [0.2, 0.25) is 0 Å². The fourth-order valence-corrected chi connectivity index (χ4v) is 5.32. The molecule has 7 nitrogen and oxygen atoms in total. The molecule has 1 aromatic heterocycles. The minimum absolute atomic E-state index is 0.111. The molecule has 2 N–H and O–H groups in total. The number of fused-ring (bicyclic) bond motifs is 4. The Balaban J connectivity index is 1.68. The van der Waals surface area contributed by atoms with Gasteiger partial charge in [0.05, 0.1) is 0 Å². The van der Waals surface area contributed by atoms with Crippen molar-refractivity contribution in [2.24, 2.45) is 0 Å². The number of benzene rings is 2. The number of aromatic hydroxyl groups is 1. The fraction of sp³-hybridized carbons (Fsp3) is 0.360. The molecule has 0 aliphatic carbocycles. The average Bonchev–Trinajstić information content (AvgIpc) is 3.22. The fourth-order valence-electron chi connectivity index (χ4n) is 5.15. The number of hydrogen-bond donors (Lipinski definition) is 2. The summed E-state index contributed by atoms with van der Waals surface area (Å²) in [5.41, 5.74) is 2.44. The predicted octanol–water partition coefficient (Wildman–Crippen LogP) is 4.15. The summed E-state index contributed by atoms with van der Waals surface area (Å²) in [5, 5.41) is 11.8. The maximum Gasteiger partial charge on any atom is 0.328 e. The lowest BCUT2D eigenvalue weighted by Gasteiger charge is -2.42. The number of likely N-dealkylation sites (N-methyl/N-ethyl adjacent to an activating group) is 1. The number of hydrogen-bond acceptors (Lipinski definition) is 4. The third kappa shape index (κ3) is 3.30. The Hall–Kier alpha value is -3.03. The standard InChI is InChI=1S/C25H27ClN4O3/c1-4-28(3)10-11-29-23(32)25(2)14-19-18-13-16(26)8-9-20(18)27-21(19)22(30(25)24(29)33)15-6-5-7-17(31)12-15/h5-9,12-13,22,27,31H,4,10-11,14H2,1-3H3/t22-,25+/m1/s1. The Labute approximate surface area is 197 Å². The van der Waals surface area contributed by atoms with Crippen LogP contribution < -0.4 is 0 Å². The van der Waals surface area contributed by atoms with E-state index >= 15 is 0 Å². The van der Waals surface area contributed by atoms with E-state index in [1.165, 1.54) is 4.90 Å². The number of nitrogens with one attached hydrogen (secondary N) is 1. The molecule has 2 aliphatic rings. The number of aromatic amines is 1. The van der Waals surface area contributed by atoms with Crippen LogP contribution in [0.2, 0.25) is 5.02 Å². The van der Waals surface area contributed by atoms with Crippen LogP contribution in [0.3, 0.4) is 0 Å². The topological polar surface area (TPSA) is 79.9 Å². The van der Waals surface area contributed by atoms with Crippen molar-refractivity contribution in [2.75, 3.05) is 26.7 Å². The van der Waals surface area contributed by atoms with Gasteiger partial charge in [-0.3, -0.25) is 14.6 Å². The van der Waals surface area contributed by atoms with Crippen LogP contribution in [-0.4, -0.2) is 68.9 Å². The molecule has 2 aromatic carbocycles. The lowest BCUT2D eigenvalue weighted by molar-refractivity contribution is -0.133. The number of phenolic OH excluding ortho intramolecular Hbond substituents is 1. The van der Waals surface area contributed by atoms with Gasteiger partial charge in [-0.15, -0.1) is 0 Å². The van der Waals surface area contributed by atoms with Crippen molar-refractivity contribution in [1.29, 1.82) is 0 Å². The van der Waals surface area contributed by atoms with E-state index in [4.69, 9.17) is 11.6 Å². The molecule has 3 amide bonds. The summed E-state index contributed by atoms with van der Waals surface area (Å²) in [6.07, 6.45) is 0.392. The van der Waals surface area contributed by atoms with E-state index in [0.29, 0.717) is 24.5 Å². The van der Waals surface area contributed by atoms with E-state index in [-0.39, 0.29) is 17.7 Å². The maximum absolute atomic E-state index is 13.7. The second-order valence-corrected chi connectivity index (χ2v) is 9.60. The Morgan fingerprint density at radius 1 is 1.24 bits per heavy atom. The zero-order valence-corrected chi connectivity index (χ0v) is 19.7. The van der Waals surface area contributed by atoms with Gasteiger partial charge >= 0.3 is 6.03 Å². The number of H-pyrrole nitrogens is 1. The number of amides is 3. The number of carbonyl (C=O) groups excluding carboxylic acids is 2. The first-order valence-corrected chi connectivity index (χ1v) is 11.5. The largest absolute Gasteiger partial charge is 0.508 e. The van der Waals surface area contributed by atoms with Crippen molar-refractivity contribution in [3.63, 3.8) is 0 Å². The molecule has 0 unspecified atom stereocenters. The van der Waals surface area contributed by atoms with Gasteiger partial charge in [0.25, 0.3) is 5.91 Å². The van der Waals surface area contributed by atoms with Gasteiger partial charge in [0.1, 0.15) is 17.3 Å². The summed E-state index contributed by atoms with van der Waals surface area (Å²) in [6, 6.07) is 11.7. The highest BCUT2D eigenvalue weighted by Gasteiger charge is 2.60. The Morgan fingerprint density at radius 2 is 2.03 bits per heavy atom. The molecular weight excluding hydrogens is 440 g/mol. The van der Waals surface area contributed by atoms with Crippen LogP contribution in [0.1, 0.15) is 36.7 Å². The monoisotopic (exact) mass is 466 g/mol. The number of imide groups is 1. The summed E-state index contributed by atoms with van der Waals surface area (Å²) < 4.78 is 0. The van der Waals surface area contributed by atoms with Crippen molar-refractivity contribution in [3.05, 3.63) is 64.3 Å². The average molecular weight is 467 g/mol. The van der Waals surface area contributed by atoms with Gasteiger partial charge in [-0.1, -0.05) is 30.7 Å². The number of urea groups is 1. The molecule has 2 aliphatic heterocycles. The summed E-state index contributed by atoms with van der Waals surface area (Å²) in [4.78, 5) is 36.1.